The number of nitrogens with zero attached hydrogens (tertiary/aromatic N) is 2. The number of carbonyl (C=O) groups excluding carboxylic acids is 1. The first-order valence-corrected chi connectivity index (χ1v) is 7.96. The van der Waals surface area contributed by atoms with E-state index >= 15 is 0 Å². The molecule has 2 amide bonds. The summed E-state index contributed by atoms with van der Waals surface area (Å²) in [5.74, 6) is -1.56. The Morgan fingerprint density at radius 1 is 1.32 bits per heavy atom. The van der Waals surface area contributed by atoms with Crippen LogP contribution in [0.25, 0.3) is 0 Å². The third-order valence-electron chi connectivity index (χ3n) is 3.69. The minimum Gasteiger partial charge on any atom is -0.315 e. The van der Waals surface area contributed by atoms with Crippen molar-refractivity contribution in [2.45, 2.75) is 25.3 Å². The molecule has 2 heterocycles. The van der Waals surface area contributed by atoms with Crippen LogP contribution in [0.2, 0.25) is 0 Å². The van der Waals surface area contributed by atoms with E-state index in [1.807, 2.05) is 5.38 Å². The van der Waals surface area contributed by atoms with E-state index in [4.69, 9.17) is 0 Å². The molecular weight excluding hydrogens is 308 g/mol. The normalized spacial score (nSPS) is 18.3. The van der Waals surface area contributed by atoms with Gasteiger partial charge in [-0.05, 0) is 31.4 Å². The minimum atomic E-state index is -0.781. The van der Waals surface area contributed by atoms with Gasteiger partial charge in [0.15, 0.2) is 0 Å². The summed E-state index contributed by atoms with van der Waals surface area (Å²) >= 11 is 1.48. The zero-order valence-corrected chi connectivity index (χ0v) is 12.6. The number of likely N-dealkylation sites (tertiary alicyclic amines) is 1. The lowest BCUT2D eigenvalue weighted by Crippen LogP contribution is -2.41. The quantitative estimate of drug-likeness (QED) is 0.901. The largest absolute Gasteiger partial charge is 0.322 e. The zero-order valence-electron chi connectivity index (χ0n) is 11.8. The van der Waals surface area contributed by atoms with Gasteiger partial charge in [0.1, 0.15) is 22.3 Å². The molecule has 2 aromatic rings. The molecule has 3 rings (SSSR count). The van der Waals surface area contributed by atoms with Crippen LogP contribution in [0.3, 0.4) is 0 Å². The topological polar surface area (TPSA) is 45.2 Å². The molecule has 1 aliphatic rings. The van der Waals surface area contributed by atoms with Gasteiger partial charge in [-0.2, -0.15) is 0 Å². The fourth-order valence-electron chi connectivity index (χ4n) is 2.63. The molecule has 1 atom stereocenters. The van der Waals surface area contributed by atoms with E-state index in [0.717, 1.165) is 36.4 Å². The highest BCUT2D eigenvalue weighted by molar-refractivity contribution is 7.09. The number of anilines is 1. The number of hydrogen-bond acceptors (Lipinski definition) is 3. The van der Waals surface area contributed by atoms with Crippen LogP contribution < -0.4 is 5.32 Å². The van der Waals surface area contributed by atoms with Crippen LogP contribution in [0.15, 0.2) is 29.8 Å². The van der Waals surface area contributed by atoms with Crippen molar-refractivity contribution < 1.29 is 13.6 Å². The minimum absolute atomic E-state index is 0.136. The van der Waals surface area contributed by atoms with Crippen LogP contribution in [-0.2, 0) is 0 Å². The van der Waals surface area contributed by atoms with E-state index in [-0.39, 0.29) is 6.04 Å². The molecule has 0 spiro atoms. The molecule has 22 heavy (non-hydrogen) atoms. The Kier molecular flexibility index (Phi) is 4.33. The predicted octanol–water partition coefficient (Wildman–Crippen LogP) is 4.18. The second-order valence-corrected chi connectivity index (χ2v) is 6.03. The van der Waals surface area contributed by atoms with E-state index < -0.39 is 23.4 Å². The van der Waals surface area contributed by atoms with Gasteiger partial charge >= 0.3 is 6.03 Å². The fourth-order valence-corrected chi connectivity index (χ4v) is 3.41. The summed E-state index contributed by atoms with van der Waals surface area (Å²) in [6.07, 6.45) is 4.37. The number of nitrogens with one attached hydrogen (secondary N) is 1. The number of aromatic nitrogens is 1. The van der Waals surface area contributed by atoms with Crippen LogP contribution >= 0.6 is 11.3 Å². The van der Waals surface area contributed by atoms with Crippen LogP contribution in [0, 0.1) is 11.6 Å². The molecule has 4 nitrogen and oxygen atoms in total. The molecule has 116 valence electrons. The number of para-hydroxylation sites is 1. The highest BCUT2D eigenvalue weighted by Crippen LogP contribution is 2.32. The first-order chi connectivity index (χ1) is 10.7. The van der Waals surface area contributed by atoms with Gasteiger partial charge in [-0.1, -0.05) is 6.07 Å². The van der Waals surface area contributed by atoms with Gasteiger partial charge < -0.3 is 10.2 Å². The Labute approximate surface area is 130 Å². The van der Waals surface area contributed by atoms with Gasteiger partial charge in [-0.15, -0.1) is 11.3 Å². The van der Waals surface area contributed by atoms with E-state index in [2.05, 4.69) is 10.3 Å². The van der Waals surface area contributed by atoms with Gasteiger partial charge in [0, 0.05) is 18.1 Å². The lowest BCUT2D eigenvalue weighted by molar-refractivity contribution is 0.163. The second kappa shape index (κ2) is 6.39. The van der Waals surface area contributed by atoms with E-state index in [1.54, 1.807) is 11.1 Å². The van der Waals surface area contributed by atoms with Crippen molar-refractivity contribution in [1.82, 2.24) is 9.88 Å². The number of carbonyl (C=O) groups is 1. The summed E-state index contributed by atoms with van der Waals surface area (Å²) in [5.41, 5.74) is -0.407. The number of benzene rings is 1. The molecule has 0 bridgehead atoms. The number of urea groups is 1. The molecule has 1 aromatic heterocycles. The highest BCUT2D eigenvalue weighted by Gasteiger charge is 2.30. The molecule has 7 heteroatoms. The van der Waals surface area contributed by atoms with Gasteiger partial charge in [0.05, 0.1) is 6.04 Å². The lowest BCUT2D eigenvalue weighted by Gasteiger charge is -2.34. The maximum atomic E-state index is 13.7. The summed E-state index contributed by atoms with van der Waals surface area (Å²) in [4.78, 5) is 18.3. The van der Waals surface area contributed by atoms with E-state index in [0.29, 0.717) is 6.54 Å². The Morgan fingerprint density at radius 3 is 2.77 bits per heavy atom. The maximum absolute atomic E-state index is 13.7. The van der Waals surface area contributed by atoms with Crippen molar-refractivity contribution >= 4 is 23.1 Å². The Balaban J connectivity index is 1.81. The van der Waals surface area contributed by atoms with Crippen molar-refractivity contribution in [3.8, 4) is 0 Å². The summed E-state index contributed by atoms with van der Waals surface area (Å²) in [7, 11) is 0. The average Bonchev–Trinajstić information content (AvgIpc) is 3.05. The molecule has 1 fully saturated rings. The van der Waals surface area contributed by atoms with Crippen molar-refractivity contribution in [2.75, 3.05) is 11.9 Å². The van der Waals surface area contributed by atoms with Crippen molar-refractivity contribution in [1.29, 1.82) is 0 Å². The van der Waals surface area contributed by atoms with Gasteiger partial charge in [0.2, 0.25) is 0 Å². The third-order valence-corrected chi connectivity index (χ3v) is 4.57. The first kappa shape index (κ1) is 14.9. The third kappa shape index (κ3) is 2.94. The summed E-state index contributed by atoms with van der Waals surface area (Å²) < 4.78 is 27.3. The number of amides is 2. The number of halogens is 2. The Hall–Kier alpha value is -2.02. The molecule has 1 N–H and O–H groups in total. The molecule has 0 unspecified atom stereocenters. The summed E-state index contributed by atoms with van der Waals surface area (Å²) in [6, 6.07) is 2.87. The smallest absolute Gasteiger partial charge is 0.315 e. The maximum Gasteiger partial charge on any atom is 0.322 e. The monoisotopic (exact) mass is 323 g/mol. The Morgan fingerprint density at radius 2 is 2.09 bits per heavy atom. The molecule has 1 saturated heterocycles. The fraction of sp³-hybridized carbons (Fsp3) is 0.333. The first-order valence-electron chi connectivity index (χ1n) is 7.08. The SMILES string of the molecule is O=C(Nc1c(F)cccc1F)N1CCCC[C@H]1c1nccs1. The number of hydrogen-bond donors (Lipinski definition) is 1. The predicted molar refractivity (Wildman–Crippen MR) is 80.8 cm³/mol. The molecule has 0 aliphatic carbocycles. The second-order valence-electron chi connectivity index (χ2n) is 5.10. The summed E-state index contributed by atoms with van der Waals surface area (Å²) in [6.45, 7) is 0.548. The average molecular weight is 323 g/mol. The van der Waals surface area contributed by atoms with Crippen molar-refractivity contribution in [3.63, 3.8) is 0 Å². The van der Waals surface area contributed by atoms with Crippen LogP contribution in [0.1, 0.15) is 30.3 Å². The zero-order chi connectivity index (χ0) is 15.5. The molecule has 0 radical (unpaired) electrons. The van der Waals surface area contributed by atoms with Gasteiger partial charge in [-0.25, -0.2) is 18.6 Å². The summed E-state index contributed by atoms with van der Waals surface area (Å²) in [5, 5.41) is 5.06. The number of thiazole rings is 1. The molecule has 1 aromatic carbocycles. The lowest BCUT2D eigenvalue weighted by atomic mass is 10.0. The van der Waals surface area contributed by atoms with Crippen molar-refractivity contribution in [2.24, 2.45) is 0 Å². The highest BCUT2D eigenvalue weighted by atomic mass is 32.1. The molecule has 1 aliphatic heterocycles. The standard InChI is InChI=1S/C15H15F2N3OS/c16-10-4-3-5-11(17)13(10)19-15(21)20-8-2-1-6-12(20)14-18-7-9-22-14/h3-5,7,9,12H,1-2,6,8H2,(H,19,21)/t12-/m0/s1. The van der Waals surface area contributed by atoms with Crippen LogP contribution in [-0.4, -0.2) is 22.5 Å². The van der Waals surface area contributed by atoms with Crippen LogP contribution in [0.5, 0.6) is 0 Å². The van der Waals surface area contributed by atoms with E-state index in [9.17, 15) is 13.6 Å². The molecule has 0 saturated carbocycles. The van der Waals surface area contributed by atoms with Gasteiger partial charge in [-0.3, -0.25) is 0 Å². The number of piperidine rings is 1. The van der Waals surface area contributed by atoms with Gasteiger partial charge in [0.25, 0.3) is 0 Å². The van der Waals surface area contributed by atoms with E-state index in [1.165, 1.54) is 17.4 Å². The van der Waals surface area contributed by atoms with Crippen LogP contribution in [0.4, 0.5) is 19.3 Å². The Bertz CT molecular complexity index is 643. The van der Waals surface area contributed by atoms with Crippen molar-refractivity contribution in [3.05, 3.63) is 46.4 Å². The molecular formula is C15H15F2N3OS. The number of rotatable bonds is 2.